The minimum Gasteiger partial charge on any atom is -0.352 e. The van der Waals surface area contributed by atoms with E-state index in [4.69, 9.17) is 5.73 Å². The molecule has 0 aromatic carbocycles. The highest BCUT2D eigenvalue weighted by atomic mass is 16.2. The molecule has 0 radical (unpaired) electrons. The molecule has 0 saturated carbocycles. The van der Waals surface area contributed by atoms with E-state index in [1.807, 2.05) is 6.92 Å². The first-order valence-corrected chi connectivity index (χ1v) is 5.54. The van der Waals surface area contributed by atoms with Gasteiger partial charge in [-0.15, -0.1) is 5.10 Å². The molecule has 6 heteroatoms. The Morgan fingerprint density at radius 3 is 3.00 bits per heavy atom. The molecule has 1 unspecified atom stereocenters. The molecule has 1 amide bonds. The number of rotatable bonds is 6. The van der Waals surface area contributed by atoms with E-state index in [9.17, 15) is 4.79 Å². The molecule has 0 fully saturated rings. The topological polar surface area (TPSA) is 85.8 Å². The van der Waals surface area contributed by atoms with Crippen LogP contribution in [0.2, 0.25) is 0 Å². The van der Waals surface area contributed by atoms with Crippen LogP contribution in [0.5, 0.6) is 0 Å². The molecule has 0 aliphatic carbocycles. The summed E-state index contributed by atoms with van der Waals surface area (Å²) in [6.45, 7) is 4.62. The summed E-state index contributed by atoms with van der Waals surface area (Å²) in [7, 11) is 0. The van der Waals surface area contributed by atoms with Crippen LogP contribution in [0.4, 0.5) is 0 Å². The third-order valence-corrected chi connectivity index (χ3v) is 2.23. The predicted octanol–water partition coefficient (Wildman–Crippen LogP) is 0.0416. The van der Waals surface area contributed by atoms with Crippen molar-refractivity contribution in [1.82, 2.24) is 20.3 Å². The summed E-state index contributed by atoms with van der Waals surface area (Å²) in [6, 6.07) is 0.204. The van der Waals surface area contributed by atoms with Crippen LogP contribution in [0.1, 0.15) is 32.4 Å². The number of hydrogen-bond donors (Lipinski definition) is 2. The Balaban J connectivity index is 2.39. The Kier molecular flexibility index (Phi) is 4.91. The van der Waals surface area contributed by atoms with Crippen molar-refractivity contribution in [3.05, 3.63) is 11.9 Å². The fraction of sp³-hybridized carbons (Fsp3) is 0.700. The molecule has 16 heavy (non-hydrogen) atoms. The minimum absolute atomic E-state index is 0.0468. The maximum absolute atomic E-state index is 11.6. The zero-order chi connectivity index (χ0) is 12.0. The van der Waals surface area contributed by atoms with Crippen molar-refractivity contribution < 1.29 is 4.79 Å². The van der Waals surface area contributed by atoms with E-state index >= 15 is 0 Å². The maximum Gasteiger partial charge on any atom is 0.242 e. The van der Waals surface area contributed by atoms with Gasteiger partial charge in [-0.25, -0.2) is 4.68 Å². The summed E-state index contributed by atoms with van der Waals surface area (Å²) < 4.78 is 1.50. The van der Waals surface area contributed by atoms with Crippen molar-refractivity contribution in [2.24, 2.45) is 5.73 Å². The van der Waals surface area contributed by atoms with Crippen molar-refractivity contribution in [2.75, 3.05) is 0 Å². The van der Waals surface area contributed by atoms with Crippen LogP contribution < -0.4 is 11.1 Å². The number of aromatic nitrogens is 3. The standard InChI is InChI=1S/C10H19N5O/c1-3-4-8(2)12-10(16)7-15-6-9(5-11)13-14-15/h6,8H,3-5,7,11H2,1-2H3,(H,12,16). The van der Waals surface area contributed by atoms with Crippen LogP contribution in [0.3, 0.4) is 0 Å². The molecule has 90 valence electrons. The second-order valence-electron chi connectivity index (χ2n) is 3.87. The number of hydrogen-bond acceptors (Lipinski definition) is 4. The highest BCUT2D eigenvalue weighted by Gasteiger charge is 2.08. The summed E-state index contributed by atoms with van der Waals surface area (Å²) in [4.78, 5) is 11.6. The minimum atomic E-state index is -0.0468. The van der Waals surface area contributed by atoms with E-state index in [0.29, 0.717) is 12.2 Å². The quantitative estimate of drug-likeness (QED) is 0.716. The zero-order valence-electron chi connectivity index (χ0n) is 9.81. The van der Waals surface area contributed by atoms with Gasteiger partial charge in [0.15, 0.2) is 0 Å². The van der Waals surface area contributed by atoms with Gasteiger partial charge >= 0.3 is 0 Å². The largest absolute Gasteiger partial charge is 0.352 e. The van der Waals surface area contributed by atoms with Crippen molar-refractivity contribution in [2.45, 2.75) is 45.8 Å². The van der Waals surface area contributed by atoms with Gasteiger partial charge in [-0.2, -0.15) is 0 Å². The molecular formula is C10H19N5O. The number of carbonyl (C=O) groups is 1. The van der Waals surface area contributed by atoms with Crippen molar-refractivity contribution in [3.63, 3.8) is 0 Å². The second kappa shape index (κ2) is 6.22. The summed E-state index contributed by atoms with van der Waals surface area (Å²) in [5, 5.41) is 10.5. The molecule has 1 atom stereocenters. The first kappa shape index (κ1) is 12.6. The summed E-state index contributed by atoms with van der Waals surface area (Å²) in [5.74, 6) is -0.0468. The zero-order valence-corrected chi connectivity index (χ0v) is 9.81. The maximum atomic E-state index is 11.6. The van der Waals surface area contributed by atoms with E-state index in [0.717, 1.165) is 12.8 Å². The molecule has 0 bridgehead atoms. The molecule has 1 heterocycles. The molecule has 6 nitrogen and oxygen atoms in total. The first-order chi connectivity index (χ1) is 7.65. The van der Waals surface area contributed by atoms with Crippen LogP contribution >= 0.6 is 0 Å². The summed E-state index contributed by atoms with van der Waals surface area (Å²) in [5.41, 5.74) is 6.09. The molecule has 1 aromatic heterocycles. The fourth-order valence-electron chi connectivity index (χ4n) is 1.48. The number of nitrogens with zero attached hydrogens (tertiary/aromatic N) is 3. The SMILES string of the molecule is CCCC(C)NC(=O)Cn1cc(CN)nn1. The highest BCUT2D eigenvalue weighted by molar-refractivity contribution is 5.75. The van der Waals surface area contributed by atoms with E-state index in [-0.39, 0.29) is 18.5 Å². The van der Waals surface area contributed by atoms with E-state index < -0.39 is 0 Å². The van der Waals surface area contributed by atoms with Gasteiger partial charge in [0.25, 0.3) is 0 Å². The third-order valence-electron chi connectivity index (χ3n) is 2.23. The lowest BCUT2D eigenvalue weighted by Crippen LogP contribution is -2.35. The second-order valence-corrected chi connectivity index (χ2v) is 3.87. The van der Waals surface area contributed by atoms with E-state index in [1.165, 1.54) is 4.68 Å². The van der Waals surface area contributed by atoms with Crippen LogP contribution in [0, 0.1) is 0 Å². The smallest absolute Gasteiger partial charge is 0.242 e. The monoisotopic (exact) mass is 225 g/mol. The van der Waals surface area contributed by atoms with Gasteiger partial charge in [0.1, 0.15) is 6.54 Å². The molecule has 1 rings (SSSR count). The lowest BCUT2D eigenvalue weighted by atomic mass is 10.2. The Hall–Kier alpha value is -1.43. The van der Waals surface area contributed by atoms with Gasteiger partial charge in [0.2, 0.25) is 5.91 Å². The first-order valence-electron chi connectivity index (χ1n) is 5.54. The van der Waals surface area contributed by atoms with Gasteiger partial charge in [-0.1, -0.05) is 18.6 Å². The van der Waals surface area contributed by atoms with Gasteiger partial charge < -0.3 is 11.1 Å². The lowest BCUT2D eigenvalue weighted by molar-refractivity contribution is -0.122. The molecule has 0 aliphatic rings. The van der Waals surface area contributed by atoms with Crippen LogP contribution in [-0.2, 0) is 17.9 Å². The molecule has 1 aromatic rings. The summed E-state index contributed by atoms with van der Waals surface area (Å²) >= 11 is 0. The predicted molar refractivity (Wildman–Crippen MR) is 60.4 cm³/mol. The Labute approximate surface area is 95.2 Å². The van der Waals surface area contributed by atoms with Crippen LogP contribution in [-0.4, -0.2) is 26.9 Å². The Morgan fingerprint density at radius 1 is 1.69 bits per heavy atom. The van der Waals surface area contributed by atoms with E-state index in [1.54, 1.807) is 6.20 Å². The van der Waals surface area contributed by atoms with Gasteiger partial charge in [0, 0.05) is 12.6 Å². The average Bonchev–Trinajstić information content (AvgIpc) is 2.65. The summed E-state index contributed by atoms with van der Waals surface area (Å²) in [6.07, 6.45) is 3.73. The molecule has 3 N–H and O–H groups in total. The van der Waals surface area contributed by atoms with Crippen molar-refractivity contribution in [3.8, 4) is 0 Å². The van der Waals surface area contributed by atoms with Crippen LogP contribution in [0.25, 0.3) is 0 Å². The molecular weight excluding hydrogens is 206 g/mol. The molecule has 0 aliphatic heterocycles. The molecule has 0 spiro atoms. The highest BCUT2D eigenvalue weighted by Crippen LogP contribution is 1.95. The number of amides is 1. The molecule has 0 saturated heterocycles. The van der Waals surface area contributed by atoms with Gasteiger partial charge in [0.05, 0.1) is 11.9 Å². The Bertz CT molecular complexity index is 336. The van der Waals surface area contributed by atoms with Crippen LogP contribution in [0.15, 0.2) is 6.20 Å². The number of nitrogens with one attached hydrogen (secondary N) is 1. The average molecular weight is 225 g/mol. The number of carbonyl (C=O) groups excluding carboxylic acids is 1. The third kappa shape index (κ3) is 3.98. The van der Waals surface area contributed by atoms with Gasteiger partial charge in [-0.05, 0) is 13.3 Å². The Morgan fingerprint density at radius 2 is 2.44 bits per heavy atom. The van der Waals surface area contributed by atoms with E-state index in [2.05, 4.69) is 22.6 Å². The normalized spacial score (nSPS) is 12.4. The lowest BCUT2D eigenvalue weighted by Gasteiger charge is -2.12. The van der Waals surface area contributed by atoms with Gasteiger partial charge in [-0.3, -0.25) is 4.79 Å². The van der Waals surface area contributed by atoms with Crippen molar-refractivity contribution >= 4 is 5.91 Å². The number of nitrogens with two attached hydrogens (primary N) is 1. The van der Waals surface area contributed by atoms with Crippen molar-refractivity contribution in [1.29, 1.82) is 0 Å². The fourth-order valence-corrected chi connectivity index (χ4v) is 1.48.